The summed E-state index contributed by atoms with van der Waals surface area (Å²) in [6, 6.07) is 18.7. The Bertz CT molecular complexity index is 1190. The molecule has 0 fully saturated rings. The summed E-state index contributed by atoms with van der Waals surface area (Å²) in [6.07, 6.45) is 3.43. The van der Waals surface area contributed by atoms with E-state index in [0.717, 1.165) is 5.56 Å². The average Bonchev–Trinajstić information content (AvgIpc) is 2.69. The number of aromatic nitrogens is 2. The summed E-state index contributed by atoms with van der Waals surface area (Å²) in [5.74, 6) is -0.308. The molecule has 4 aromatic rings. The van der Waals surface area contributed by atoms with Gasteiger partial charge in [0.2, 0.25) is 0 Å². The number of hydrogen-bond acceptors (Lipinski definition) is 2. The van der Waals surface area contributed by atoms with Gasteiger partial charge in [-0.15, -0.1) is 0 Å². The molecule has 0 aliphatic carbocycles. The molecule has 0 N–H and O–H groups in total. The molecular formula is C22H14F2N2O. The summed E-state index contributed by atoms with van der Waals surface area (Å²) in [4.78, 5) is 17.6. The maximum atomic E-state index is 13.3. The van der Waals surface area contributed by atoms with Crippen molar-refractivity contribution >= 4 is 23.1 Å². The van der Waals surface area contributed by atoms with Gasteiger partial charge in [-0.25, -0.2) is 13.8 Å². The molecule has 0 saturated carbocycles. The monoisotopic (exact) mass is 360 g/mol. The van der Waals surface area contributed by atoms with Crippen molar-refractivity contribution < 1.29 is 8.78 Å². The highest BCUT2D eigenvalue weighted by Crippen LogP contribution is 2.16. The maximum Gasteiger partial charge on any atom is 0.266 e. The summed E-state index contributed by atoms with van der Waals surface area (Å²) in [5.41, 5.74) is 1.61. The summed E-state index contributed by atoms with van der Waals surface area (Å²) in [6.45, 7) is 0. The van der Waals surface area contributed by atoms with Crippen LogP contribution in [0.1, 0.15) is 11.4 Å². The Hall–Kier alpha value is -3.60. The third-order valence-electron chi connectivity index (χ3n) is 4.18. The minimum atomic E-state index is -0.385. The Kier molecular flexibility index (Phi) is 4.34. The molecule has 0 saturated heterocycles. The van der Waals surface area contributed by atoms with Gasteiger partial charge in [-0.2, -0.15) is 0 Å². The minimum Gasteiger partial charge on any atom is -0.268 e. The standard InChI is InChI=1S/C22H14F2N2O/c23-16-8-5-15(6-9-16)7-14-21-25-20-4-2-1-3-19(20)22(27)26(21)18-12-10-17(24)11-13-18/h1-14H. The van der Waals surface area contributed by atoms with Crippen molar-refractivity contribution in [2.24, 2.45) is 0 Å². The van der Waals surface area contributed by atoms with Gasteiger partial charge in [0.1, 0.15) is 17.5 Å². The van der Waals surface area contributed by atoms with E-state index in [1.165, 1.54) is 41.0 Å². The predicted octanol–water partition coefficient (Wildman–Crippen LogP) is 4.83. The third kappa shape index (κ3) is 3.40. The number of nitrogens with zero attached hydrogens (tertiary/aromatic N) is 2. The lowest BCUT2D eigenvalue weighted by Crippen LogP contribution is -2.22. The topological polar surface area (TPSA) is 34.9 Å². The molecule has 0 amide bonds. The van der Waals surface area contributed by atoms with Gasteiger partial charge in [-0.1, -0.05) is 30.3 Å². The van der Waals surface area contributed by atoms with Crippen molar-refractivity contribution in [1.29, 1.82) is 0 Å². The van der Waals surface area contributed by atoms with Crippen molar-refractivity contribution in [2.45, 2.75) is 0 Å². The quantitative estimate of drug-likeness (QED) is 0.524. The fourth-order valence-electron chi connectivity index (χ4n) is 2.85. The van der Waals surface area contributed by atoms with Crippen molar-refractivity contribution in [2.75, 3.05) is 0 Å². The Morgan fingerprint density at radius 1 is 0.778 bits per heavy atom. The van der Waals surface area contributed by atoms with E-state index in [4.69, 9.17) is 0 Å². The maximum absolute atomic E-state index is 13.3. The lowest BCUT2D eigenvalue weighted by molar-refractivity contribution is 0.627. The van der Waals surface area contributed by atoms with Crippen LogP contribution in [0.2, 0.25) is 0 Å². The van der Waals surface area contributed by atoms with Crippen LogP contribution in [0.15, 0.2) is 77.6 Å². The number of benzene rings is 3. The summed E-state index contributed by atoms with van der Waals surface area (Å²) < 4.78 is 27.8. The Morgan fingerprint density at radius 3 is 2.11 bits per heavy atom. The second-order valence-corrected chi connectivity index (χ2v) is 5.99. The van der Waals surface area contributed by atoms with Crippen LogP contribution in [-0.2, 0) is 0 Å². The first kappa shape index (κ1) is 16.8. The Labute approximate surface area is 153 Å². The van der Waals surface area contributed by atoms with E-state index in [2.05, 4.69) is 4.98 Å². The van der Waals surface area contributed by atoms with Gasteiger partial charge in [0.05, 0.1) is 16.6 Å². The van der Waals surface area contributed by atoms with Crippen molar-refractivity contribution in [3.05, 3.63) is 106 Å². The number of hydrogen-bond donors (Lipinski definition) is 0. The second kappa shape index (κ2) is 6.96. The molecule has 0 atom stereocenters. The highest BCUT2D eigenvalue weighted by Gasteiger charge is 2.11. The average molecular weight is 360 g/mol. The predicted molar refractivity (Wildman–Crippen MR) is 103 cm³/mol. The highest BCUT2D eigenvalue weighted by atomic mass is 19.1. The molecule has 1 heterocycles. The molecule has 1 aromatic heterocycles. The molecule has 0 aliphatic rings. The zero-order chi connectivity index (χ0) is 18.8. The van der Waals surface area contributed by atoms with E-state index >= 15 is 0 Å². The van der Waals surface area contributed by atoms with Gasteiger partial charge >= 0.3 is 0 Å². The zero-order valence-corrected chi connectivity index (χ0v) is 14.1. The fraction of sp³-hybridized carbons (Fsp3) is 0. The van der Waals surface area contributed by atoms with Gasteiger partial charge in [-0.3, -0.25) is 9.36 Å². The molecule has 5 heteroatoms. The summed E-state index contributed by atoms with van der Waals surface area (Å²) >= 11 is 0. The van der Waals surface area contributed by atoms with Crippen LogP contribution >= 0.6 is 0 Å². The van der Waals surface area contributed by atoms with Gasteiger partial charge in [0.25, 0.3) is 5.56 Å². The van der Waals surface area contributed by atoms with Crippen LogP contribution < -0.4 is 5.56 Å². The molecule has 3 aromatic carbocycles. The highest BCUT2D eigenvalue weighted by molar-refractivity contribution is 5.80. The van der Waals surface area contributed by atoms with Gasteiger partial charge < -0.3 is 0 Å². The number of halogens is 2. The Balaban J connectivity index is 1.92. The van der Waals surface area contributed by atoms with E-state index < -0.39 is 0 Å². The smallest absolute Gasteiger partial charge is 0.266 e. The molecule has 0 aliphatic heterocycles. The van der Waals surface area contributed by atoms with Crippen molar-refractivity contribution in [1.82, 2.24) is 9.55 Å². The third-order valence-corrected chi connectivity index (χ3v) is 4.18. The van der Waals surface area contributed by atoms with Crippen LogP contribution in [0.4, 0.5) is 8.78 Å². The fourth-order valence-corrected chi connectivity index (χ4v) is 2.85. The van der Waals surface area contributed by atoms with E-state index in [0.29, 0.717) is 22.4 Å². The SMILES string of the molecule is O=c1c2ccccc2nc(C=Cc2ccc(F)cc2)n1-c1ccc(F)cc1. The molecule has 0 unspecified atom stereocenters. The lowest BCUT2D eigenvalue weighted by Gasteiger charge is -2.11. The first-order valence-corrected chi connectivity index (χ1v) is 8.33. The van der Waals surface area contributed by atoms with E-state index in [1.54, 1.807) is 42.5 Å². The van der Waals surface area contributed by atoms with Crippen LogP contribution in [0, 0.1) is 11.6 Å². The van der Waals surface area contributed by atoms with E-state index in [-0.39, 0.29) is 17.2 Å². The molecule has 0 radical (unpaired) electrons. The van der Waals surface area contributed by atoms with Crippen LogP contribution in [-0.4, -0.2) is 9.55 Å². The number of rotatable bonds is 3. The van der Waals surface area contributed by atoms with E-state index in [1.807, 2.05) is 6.07 Å². The van der Waals surface area contributed by atoms with Gasteiger partial charge in [-0.05, 0) is 60.2 Å². The molecule has 132 valence electrons. The largest absolute Gasteiger partial charge is 0.268 e. The van der Waals surface area contributed by atoms with E-state index in [9.17, 15) is 13.6 Å². The lowest BCUT2D eigenvalue weighted by atomic mass is 10.2. The number of fused-ring (bicyclic) bond motifs is 1. The van der Waals surface area contributed by atoms with Gasteiger partial charge in [0, 0.05) is 0 Å². The molecule has 3 nitrogen and oxygen atoms in total. The molecule has 27 heavy (non-hydrogen) atoms. The van der Waals surface area contributed by atoms with Crippen LogP contribution in [0.5, 0.6) is 0 Å². The van der Waals surface area contributed by atoms with Crippen LogP contribution in [0.3, 0.4) is 0 Å². The molecule has 0 spiro atoms. The summed E-state index contributed by atoms with van der Waals surface area (Å²) in [7, 11) is 0. The molecule has 4 rings (SSSR count). The zero-order valence-electron chi connectivity index (χ0n) is 14.1. The van der Waals surface area contributed by atoms with Crippen molar-refractivity contribution in [3.63, 3.8) is 0 Å². The first-order chi connectivity index (χ1) is 13.1. The van der Waals surface area contributed by atoms with Gasteiger partial charge in [0.15, 0.2) is 0 Å². The second-order valence-electron chi connectivity index (χ2n) is 5.99. The normalized spacial score (nSPS) is 11.3. The minimum absolute atomic E-state index is 0.244. The molecule has 0 bridgehead atoms. The summed E-state index contributed by atoms with van der Waals surface area (Å²) in [5, 5.41) is 0.473. The number of para-hydroxylation sites is 1. The van der Waals surface area contributed by atoms with Crippen molar-refractivity contribution in [3.8, 4) is 5.69 Å². The van der Waals surface area contributed by atoms with Crippen LogP contribution in [0.25, 0.3) is 28.7 Å². The molecular weight excluding hydrogens is 346 g/mol. The first-order valence-electron chi connectivity index (χ1n) is 8.33. The Morgan fingerprint density at radius 2 is 1.41 bits per heavy atom.